The fourth-order valence-corrected chi connectivity index (χ4v) is 4.28. The van der Waals surface area contributed by atoms with Crippen molar-refractivity contribution in [2.24, 2.45) is 11.7 Å². The standard InChI is InChI=1S/C25H30N2O6/c1-15-19(22(30)24(33-3)23(32-2)21(15)29)13-17-8-6-16(7-9-17)10-11-20(28)27-12-4-5-18(14-27)25(26)31/h6-9,18H,4-5,10-14H2,1-3H3,(H2,26,31). The van der Waals surface area contributed by atoms with Crippen LogP contribution in [0.15, 0.2) is 46.9 Å². The maximum Gasteiger partial charge on any atom is 0.228 e. The number of methoxy groups -OCH3 is 2. The Labute approximate surface area is 193 Å². The van der Waals surface area contributed by atoms with E-state index in [0.29, 0.717) is 43.5 Å². The summed E-state index contributed by atoms with van der Waals surface area (Å²) in [5.41, 5.74) is 7.99. The van der Waals surface area contributed by atoms with Gasteiger partial charge in [0.05, 0.1) is 20.1 Å². The lowest BCUT2D eigenvalue weighted by Gasteiger charge is -2.31. The van der Waals surface area contributed by atoms with Crippen LogP contribution in [0.1, 0.15) is 37.3 Å². The lowest BCUT2D eigenvalue weighted by molar-refractivity contribution is -0.135. The normalized spacial score (nSPS) is 19.1. The number of hydrogen-bond donors (Lipinski definition) is 1. The van der Waals surface area contributed by atoms with E-state index in [1.165, 1.54) is 14.2 Å². The molecule has 33 heavy (non-hydrogen) atoms. The largest absolute Gasteiger partial charge is 0.489 e. The number of likely N-dealkylation sites (tertiary alicyclic amines) is 1. The number of hydrogen-bond acceptors (Lipinski definition) is 6. The number of aryl methyl sites for hydroxylation is 1. The van der Waals surface area contributed by atoms with Gasteiger partial charge in [0.25, 0.3) is 0 Å². The highest BCUT2D eigenvalue weighted by molar-refractivity contribution is 6.23. The molecule has 8 nitrogen and oxygen atoms in total. The second-order valence-electron chi connectivity index (χ2n) is 8.40. The summed E-state index contributed by atoms with van der Waals surface area (Å²) in [5.74, 6) is -1.44. The smallest absolute Gasteiger partial charge is 0.228 e. The van der Waals surface area contributed by atoms with Crippen LogP contribution < -0.4 is 5.73 Å². The number of allylic oxidation sites excluding steroid dienone is 2. The molecule has 1 aromatic carbocycles. The first-order valence-electron chi connectivity index (χ1n) is 11.0. The van der Waals surface area contributed by atoms with Crippen LogP contribution in [0.5, 0.6) is 0 Å². The van der Waals surface area contributed by atoms with Gasteiger partial charge in [-0.3, -0.25) is 19.2 Å². The van der Waals surface area contributed by atoms with Crippen molar-refractivity contribution in [1.82, 2.24) is 4.90 Å². The Morgan fingerprint density at radius 3 is 2.24 bits per heavy atom. The van der Waals surface area contributed by atoms with Crippen LogP contribution >= 0.6 is 0 Å². The summed E-state index contributed by atoms with van der Waals surface area (Å²) in [6.45, 7) is 2.67. The summed E-state index contributed by atoms with van der Waals surface area (Å²) in [5, 5.41) is 0. The second-order valence-corrected chi connectivity index (χ2v) is 8.40. The molecule has 8 heteroatoms. The minimum atomic E-state index is -0.352. The number of benzene rings is 1. The van der Waals surface area contributed by atoms with E-state index in [4.69, 9.17) is 15.2 Å². The number of rotatable bonds is 8. The molecule has 176 valence electrons. The summed E-state index contributed by atoms with van der Waals surface area (Å²) < 4.78 is 10.2. The molecule has 1 saturated heterocycles. The molecule has 2 N–H and O–H groups in total. The number of primary amides is 1. The van der Waals surface area contributed by atoms with Gasteiger partial charge in [0.15, 0.2) is 0 Å². The molecule has 1 fully saturated rings. The Bertz CT molecular complexity index is 1020. The predicted molar refractivity (Wildman–Crippen MR) is 121 cm³/mol. The molecule has 2 amide bonds. The molecule has 0 spiro atoms. The fourth-order valence-electron chi connectivity index (χ4n) is 4.28. The van der Waals surface area contributed by atoms with Gasteiger partial charge in [-0.05, 0) is 37.3 Å². The van der Waals surface area contributed by atoms with Crippen LogP contribution in [0.2, 0.25) is 0 Å². The third-order valence-corrected chi connectivity index (χ3v) is 6.30. The highest BCUT2D eigenvalue weighted by atomic mass is 16.5. The summed E-state index contributed by atoms with van der Waals surface area (Å²) in [6, 6.07) is 7.63. The van der Waals surface area contributed by atoms with E-state index in [1.54, 1.807) is 11.8 Å². The number of nitrogens with zero attached hydrogens (tertiary/aromatic N) is 1. The fraction of sp³-hybridized carbons (Fsp3) is 0.440. The van der Waals surface area contributed by atoms with Gasteiger partial charge in [0, 0.05) is 37.1 Å². The van der Waals surface area contributed by atoms with E-state index in [2.05, 4.69) is 0 Å². The number of amides is 2. The van der Waals surface area contributed by atoms with Crippen LogP contribution in [-0.2, 0) is 41.5 Å². The van der Waals surface area contributed by atoms with Crippen LogP contribution in [0, 0.1) is 5.92 Å². The van der Waals surface area contributed by atoms with Gasteiger partial charge in [0.1, 0.15) is 0 Å². The Kier molecular flexibility index (Phi) is 7.68. The number of carbonyl (C=O) groups is 4. The molecule has 1 heterocycles. The molecule has 1 atom stereocenters. The van der Waals surface area contributed by atoms with Crippen molar-refractivity contribution in [1.29, 1.82) is 0 Å². The highest BCUT2D eigenvalue weighted by Crippen LogP contribution is 2.28. The number of ketones is 2. The van der Waals surface area contributed by atoms with Gasteiger partial charge in [-0.2, -0.15) is 0 Å². The van der Waals surface area contributed by atoms with E-state index >= 15 is 0 Å². The van der Waals surface area contributed by atoms with Gasteiger partial charge < -0.3 is 20.1 Å². The first-order chi connectivity index (χ1) is 15.8. The van der Waals surface area contributed by atoms with Crippen molar-refractivity contribution in [2.75, 3.05) is 27.3 Å². The molecule has 1 aliphatic carbocycles. The van der Waals surface area contributed by atoms with Gasteiger partial charge in [0.2, 0.25) is 34.9 Å². The minimum Gasteiger partial charge on any atom is -0.489 e. The monoisotopic (exact) mass is 454 g/mol. The lowest BCUT2D eigenvalue weighted by Crippen LogP contribution is -2.44. The van der Waals surface area contributed by atoms with Crippen molar-refractivity contribution >= 4 is 23.4 Å². The quantitative estimate of drug-likeness (QED) is 0.600. The molecular weight excluding hydrogens is 424 g/mol. The predicted octanol–water partition coefficient (Wildman–Crippen LogP) is 1.86. The average molecular weight is 455 g/mol. The van der Waals surface area contributed by atoms with Crippen LogP contribution in [0.3, 0.4) is 0 Å². The van der Waals surface area contributed by atoms with Gasteiger partial charge in [-0.25, -0.2) is 0 Å². The van der Waals surface area contributed by atoms with Gasteiger partial charge in [-0.1, -0.05) is 24.3 Å². The van der Waals surface area contributed by atoms with E-state index in [0.717, 1.165) is 24.0 Å². The third-order valence-electron chi connectivity index (χ3n) is 6.30. The Balaban J connectivity index is 1.61. The SMILES string of the molecule is COC1=C(OC)C(=O)C(Cc2ccc(CCC(=O)N3CCCC(C(N)=O)C3)cc2)=C(C)C1=O. The third kappa shape index (κ3) is 5.32. The summed E-state index contributed by atoms with van der Waals surface area (Å²) in [6.07, 6.45) is 2.74. The average Bonchev–Trinajstić information content (AvgIpc) is 2.83. The summed E-state index contributed by atoms with van der Waals surface area (Å²) in [7, 11) is 2.68. The van der Waals surface area contributed by atoms with Crippen molar-refractivity contribution in [2.45, 2.75) is 39.0 Å². The van der Waals surface area contributed by atoms with Crippen LogP contribution in [0.25, 0.3) is 0 Å². The van der Waals surface area contributed by atoms with Crippen LogP contribution in [0.4, 0.5) is 0 Å². The maximum absolute atomic E-state index is 12.8. The van der Waals surface area contributed by atoms with Crippen molar-refractivity contribution in [3.63, 3.8) is 0 Å². The first-order valence-corrected chi connectivity index (χ1v) is 11.0. The highest BCUT2D eigenvalue weighted by Gasteiger charge is 2.34. The van der Waals surface area contributed by atoms with Crippen LogP contribution in [-0.4, -0.2) is 55.6 Å². The van der Waals surface area contributed by atoms with Crippen molar-refractivity contribution < 1.29 is 28.7 Å². The molecule has 0 bridgehead atoms. The molecule has 1 aliphatic heterocycles. The topological polar surface area (TPSA) is 116 Å². The number of nitrogens with two attached hydrogens (primary N) is 1. The number of Topliss-reactive ketones (excluding diaryl/α,β-unsaturated/α-hetero) is 2. The summed E-state index contributed by atoms with van der Waals surface area (Å²) >= 11 is 0. The number of ether oxygens (including phenoxy) is 2. The first kappa shape index (κ1) is 24.2. The summed E-state index contributed by atoms with van der Waals surface area (Å²) in [4.78, 5) is 51.0. The zero-order chi connectivity index (χ0) is 24.1. The molecular formula is C25H30N2O6. The Hall–Kier alpha value is -3.42. The molecule has 0 radical (unpaired) electrons. The number of carbonyl (C=O) groups excluding carboxylic acids is 4. The molecule has 2 aliphatic rings. The maximum atomic E-state index is 12.8. The molecule has 0 aromatic heterocycles. The Morgan fingerprint density at radius 2 is 1.64 bits per heavy atom. The van der Waals surface area contributed by atoms with Crippen molar-refractivity contribution in [3.8, 4) is 0 Å². The van der Waals surface area contributed by atoms with Gasteiger partial charge >= 0.3 is 0 Å². The van der Waals surface area contributed by atoms with Crippen molar-refractivity contribution in [3.05, 3.63) is 58.1 Å². The van der Waals surface area contributed by atoms with E-state index in [-0.39, 0.29) is 40.8 Å². The van der Waals surface area contributed by atoms with E-state index in [9.17, 15) is 19.2 Å². The molecule has 3 rings (SSSR count). The minimum absolute atomic E-state index is 0.0185. The van der Waals surface area contributed by atoms with Gasteiger partial charge in [-0.15, -0.1) is 0 Å². The van der Waals surface area contributed by atoms with E-state index < -0.39 is 0 Å². The zero-order valence-corrected chi connectivity index (χ0v) is 19.3. The van der Waals surface area contributed by atoms with E-state index in [1.807, 2.05) is 24.3 Å². The zero-order valence-electron chi connectivity index (χ0n) is 19.3. The lowest BCUT2D eigenvalue weighted by atomic mass is 9.88. The molecule has 1 unspecified atom stereocenters. The molecule has 0 saturated carbocycles. The Morgan fingerprint density at radius 1 is 1.03 bits per heavy atom. The number of piperidine rings is 1. The second kappa shape index (κ2) is 10.5. The molecule has 1 aromatic rings.